The molecule has 2 amide bonds. The summed E-state index contributed by atoms with van der Waals surface area (Å²) < 4.78 is 0. The van der Waals surface area contributed by atoms with Crippen LogP contribution in [0.3, 0.4) is 0 Å². The first-order valence-electron chi connectivity index (χ1n) is 4.47. The van der Waals surface area contributed by atoms with Gasteiger partial charge in [0.15, 0.2) is 0 Å². The van der Waals surface area contributed by atoms with Gasteiger partial charge in [-0.1, -0.05) is 6.07 Å². The minimum absolute atomic E-state index is 0.0940. The Labute approximate surface area is 91.6 Å². The molecule has 1 aromatic carbocycles. The van der Waals surface area contributed by atoms with Crippen LogP contribution in [0, 0.1) is 0 Å². The minimum Gasteiger partial charge on any atom is -0.348 e. The third-order valence-electron chi connectivity index (χ3n) is 2.20. The summed E-state index contributed by atoms with van der Waals surface area (Å²) in [5.41, 5.74) is 2.16. The van der Waals surface area contributed by atoms with Crippen LogP contribution in [0.2, 0.25) is 0 Å². The predicted octanol–water partition coefficient (Wildman–Crippen LogP) is 1.11. The van der Waals surface area contributed by atoms with Gasteiger partial charge in [-0.25, -0.2) is 0 Å². The van der Waals surface area contributed by atoms with Crippen LogP contribution in [-0.4, -0.2) is 17.7 Å². The van der Waals surface area contributed by atoms with Crippen molar-refractivity contribution in [1.82, 2.24) is 5.32 Å². The monoisotopic (exact) mass is 224 g/mol. The number of benzene rings is 1. The van der Waals surface area contributed by atoms with E-state index in [0.29, 0.717) is 17.8 Å². The summed E-state index contributed by atoms with van der Waals surface area (Å²) in [6, 6.07) is 5.22. The van der Waals surface area contributed by atoms with Crippen LogP contribution < -0.4 is 10.6 Å². The molecule has 5 heteroatoms. The molecule has 0 aromatic heterocycles. The van der Waals surface area contributed by atoms with E-state index >= 15 is 0 Å². The van der Waals surface area contributed by atoms with Crippen molar-refractivity contribution >= 4 is 29.1 Å². The zero-order valence-electron chi connectivity index (χ0n) is 7.84. The molecule has 1 aliphatic rings. The van der Waals surface area contributed by atoms with E-state index in [0.717, 1.165) is 5.56 Å². The highest BCUT2D eigenvalue weighted by molar-refractivity contribution is 6.29. The zero-order chi connectivity index (χ0) is 10.8. The highest BCUT2D eigenvalue weighted by Crippen LogP contribution is 2.19. The van der Waals surface area contributed by atoms with Crippen LogP contribution in [0.4, 0.5) is 5.69 Å². The number of nitrogens with one attached hydrogen (secondary N) is 2. The van der Waals surface area contributed by atoms with Crippen molar-refractivity contribution in [3.8, 4) is 0 Å². The lowest BCUT2D eigenvalue weighted by Gasteiger charge is -2.04. The summed E-state index contributed by atoms with van der Waals surface area (Å²) in [7, 11) is 0. The van der Waals surface area contributed by atoms with Crippen molar-refractivity contribution in [1.29, 1.82) is 0 Å². The average Bonchev–Trinajstić information content (AvgIpc) is 2.60. The Kier molecular flexibility index (Phi) is 2.60. The summed E-state index contributed by atoms with van der Waals surface area (Å²) in [6.07, 6.45) is 0. The zero-order valence-corrected chi connectivity index (χ0v) is 8.60. The Morgan fingerprint density at radius 1 is 1.53 bits per heavy atom. The Hall–Kier alpha value is -1.55. The standard InChI is InChI=1S/C10H9ClN2O2/c11-4-9(14)13-7-2-1-6-5-12-10(15)8(6)3-7/h1-3H,4-5H2,(H,12,15)(H,13,14). The highest BCUT2D eigenvalue weighted by Gasteiger charge is 2.18. The van der Waals surface area contributed by atoms with Gasteiger partial charge in [0, 0.05) is 17.8 Å². The summed E-state index contributed by atoms with van der Waals surface area (Å²) >= 11 is 5.36. The van der Waals surface area contributed by atoms with Gasteiger partial charge >= 0.3 is 0 Å². The third kappa shape index (κ3) is 1.94. The van der Waals surface area contributed by atoms with E-state index in [2.05, 4.69) is 10.6 Å². The van der Waals surface area contributed by atoms with Gasteiger partial charge < -0.3 is 10.6 Å². The second-order valence-electron chi connectivity index (χ2n) is 3.24. The molecule has 78 valence electrons. The van der Waals surface area contributed by atoms with Crippen molar-refractivity contribution in [2.75, 3.05) is 11.2 Å². The molecule has 0 saturated heterocycles. The third-order valence-corrected chi connectivity index (χ3v) is 2.44. The topological polar surface area (TPSA) is 58.2 Å². The van der Waals surface area contributed by atoms with Crippen molar-refractivity contribution < 1.29 is 9.59 Å². The highest BCUT2D eigenvalue weighted by atomic mass is 35.5. The molecule has 4 nitrogen and oxygen atoms in total. The smallest absolute Gasteiger partial charge is 0.251 e. The first-order valence-corrected chi connectivity index (χ1v) is 5.01. The maximum atomic E-state index is 11.3. The maximum absolute atomic E-state index is 11.3. The van der Waals surface area contributed by atoms with Crippen molar-refractivity contribution in [2.24, 2.45) is 0 Å². The van der Waals surface area contributed by atoms with Gasteiger partial charge in [0.25, 0.3) is 5.91 Å². The number of amides is 2. The van der Waals surface area contributed by atoms with Gasteiger partial charge in [-0.2, -0.15) is 0 Å². The lowest BCUT2D eigenvalue weighted by atomic mass is 10.1. The number of halogens is 1. The Balaban J connectivity index is 2.25. The maximum Gasteiger partial charge on any atom is 0.251 e. The molecule has 2 rings (SSSR count). The molecular weight excluding hydrogens is 216 g/mol. The van der Waals surface area contributed by atoms with Crippen molar-refractivity contribution in [3.63, 3.8) is 0 Å². The van der Waals surface area contributed by atoms with Crippen LogP contribution >= 0.6 is 11.6 Å². The number of hydrogen-bond donors (Lipinski definition) is 2. The largest absolute Gasteiger partial charge is 0.348 e. The fourth-order valence-electron chi connectivity index (χ4n) is 1.48. The normalized spacial score (nSPS) is 13.3. The van der Waals surface area contributed by atoms with Gasteiger partial charge in [-0.05, 0) is 17.7 Å². The summed E-state index contributed by atoms with van der Waals surface area (Å²) in [6.45, 7) is 0.553. The molecule has 0 bridgehead atoms. The molecule has 0 aliphatic carbocycles. The van der Waals surface area contributed by atoms with Crippen LogP contribution in [-0.2, 0) is 11.3 Å². The van der Waals surface area contributed by atoms with Gasteiger partial charge in [-0.3, -0.25) is 9.59 Å². The average molecular weight is 225 g/mol. The van der Waals surface area contributed by atoms with Crippen molar-refractivity contribution in [3.05, 3.63) is 29.3 Å². The van der Waals surface area contributed by atoms with E-state index in [1.807, 2.05) is 6.07 Å². The number of rotatable bonds is 2. The number of fused-ring (bicyclic) bond motifs is 1. The molecule has 0 spiro atoms. The number of hydrogen-bond acceptors (Lipinski definition) is 2. The molecule has 0 fully saturated rings. The fourth-order valence-corrected chi connectivity index (χ4v) is 1.55. The fraction of sp³-hybridized carbons (Fsp3) is 0.200. The van der Waals surface area contributed by atoms with Gasteiger partial charge in [0.05, 0.1) is 0 Å². The molecule has 0 unspecified atom stereocenters. The molecule has 0 atom stereocenters. The number of alkyl halides is 1. The Bertz CT molecular complexity index is 431. The molecule has 1 aromatic rings. The predicted molar refractivity (Wildman–Crippen MR) is 57.0 cm³/mol. The molecular formula is C10H9ClN2O2. The molecule has 2 N–H and O–H groups in total. The SMILES string of the molecule is O=C(CCl)Nc1ccc2c(c1)C(=O)NC2. The molecule has 1 heterocycles. The van der Waals surface area contributed by atoms with Crippen LogP contribution in [0.25, 0.3) is 0 Å². The molecule has 15 heavy (non-hydrogen) atoms. The first-order chi connectivity index (χ1) is 7.20. The van der Waals surface area contributed by atoms with Crippen LogP contribution in [0.1, 0.15) is 15.9 Å². The van der Waals surface area contributed by atoms with E-state index in [1.165, 1.54) is 0 Å². The van der Waals surface area contributed by atoms with Crippen LogP contribution in [0.5, 0.6) is 0 Å². The number of carbonyl (C=O) groups is 2. The van der Waals surface area contributed by atoms with Gasteiger partial charge in [0.1, 0.15) is 5.88 Å². The Morgan fingerprint density at radius 2 is 2.33 bits per heavy atom. The van der Waals surface area contributed by atoms with E-state index in [1.54, 1.807) is 12.1 Å². The number of anilines is 1. The van der Waals surface area contributed by atoms with E-state index in [9.17, 15) is 9.59 Å². The number of carbonyl (C=O) groups excluding carboxylic acids is 2. The lowest BCUT2D eigenvalue weighted by molar-refractivity contribution is -0.113. The molecule has 1 aliphatic heterocycles. The van der Waals surface area contributed by atoms with Crippen molar-refractivity contribution in [2.45, 2.75) is 6.54 Å². The van der Waals surface area contributed by atoms with Gasteiger partial charge in [-0.15, -0.1) is 11.6 Å². The lowest BCUT2D eigenvalue weighted by Crippen LogP contribution is -2.14. The summed E-state index contributed by atoms with van der Waals surface area (Å²) in [5.74, 6) is -0.481. The second kappa shape index (κ2) is 3.90. The van der Waals surface area contributed by atoms with Crippen LogP contribution in [0.15, 0.2) is 18.2 Å². The van der Waals surface area contributed by atoms with Gasteiger partial charge in [0.2, 0.25) is 5.91 Å². The second-order valence-corrected chi connectivity index (χ2v) is 3.50. The minimum atomic E-state index is -0.282. The quantitative estimate of drug-likeness (QED) is 0.740. The van der Waals surface area contributed by atoms with E-state index in [4.69, 9.17) is 11.6 Å². The first kappa shape index (κ1) is 9.98. The van der Waals surface area contributed by atoms with E-state index < -0.39 is 0 Å². The molecule has 0 radical (unpaired) electrons. The summed E-state index contributed by atoms with van der Waals surface area (Å²) in [5, 5.41) is 5.29. The Morgan fingerprint density at radius 3 is 3.07 bits per heavy atom. The molecule has 0 saturated carbocycles. The van der Waals surface area contributed by atoms with E-state index in [-0.39, 0.29) is 17.7 Å². The summed E-state index contributed by atoms with van der Waals surface area (Å²) in [4.78, 5) is 22.3.